The van der Waals surface area contributed by atoms with Gasteiger partial charge in [-0.25, -0.2) is 0 Å². The zero-order valence-electron chi connectivity index (χ0n) is 5.75. The lowest BCUT2D eigenvalue weighted by Crippen LogP contribution is -1.95. The molecular formula is C7H7BrO3. The van der Waals surface area contributed by atoms with Crippen LogP contribution in [0.4, 0.5) is 0 Å². The first-order valence-electron chi connectivity index (χ1n) is 3.33. The van der Waals surface area contributed by atoms with Gasteiger partial charge in [0.25, 0.3) is 0 Å². The van der Waals surface area contributed by atoms with Crippen LogP contribution in [0.2, 0.25) is 0 Å². The van der Waals surface area contributed by atoms with Gasteiger partial charge >= 0.3 is 0 Å². The molecule has 60 valence electrons. The van der Waals surface area contributed by atoms with E-state index in [0.29, 0.717) is 13.2 Å². The van der Waals surface area contributed by atoms with Gasteiger partial charge in [-0.3, -0.25) is 0 Å². The molecule has 3 nitrogen and oxygen atoms in total. The maximum Gasteiger partial charge on any atom is 0.188 e. The molecule has 1 aliphatic rings. The van der Waals surface area contributed by atoms with Crippen molar-refractivity contribution in [3.05, 3.63) is 22.6 Å². The molecule has 1 aromatic heterocycles. The summed E-state index contributed by atoms with van der Waals surface area (Å²) in [4.78, 5) is 0. The van der Waals surface area contributed by atoms with Gasteiger partial charge in [-0.05, 0) is 15.9 Å². The van der Waals surface area contributed by atoms with E-state index in [1.807, 2.05) is 0 Å². The van der Waals surface area contributed by atoms with E-state index < -0.39 is 0 Å². The maximum absolute atomic E-state index is 5.27. The molecule has 0 atom stereocenters. The van der Waals surface area contributed by atoms with Crippen molar-refractivity contribution < 1.29 is 13.9 Å². The second-order valence-corrected chi connectivity index (χ2v) is 3.10. The third-order valence-corrected chi connectivity index (χ3v) is 2.16. The number of furan rings is 1. The molecule has 11 heavy (non-hydrogen) atoms. The Bertz CT molecular complexity index is 240. The molecular weight excluding hydrogens is 212 g/mol. The predicted octanol–water partition coefficient (Wildman–Crippen LogP) is 2.09. The topological polar surface area (TPSA) is 31.6 Å². The number of hydrogen-bond acceptors (Lipinski definition) is 3. The summed E-state index contributed by atoms with van der Waals surface area (Å²) in [6.45, 7) is 1.31. The number of halogens is 1. The van der Waals surface area contributed by atoms with Crippen molar-refractivity contribution in [3.63, 3.8) is 0 Å². The van der Waals surface area contributed by atoms with E-state index >= 15 is 0 Å². The number of hydrogen-bond donors (Lipinski definition) is 0. The third-order valence-electron chi connectivity index (χ3n) is 1.52. The lowest BCUT2D eigenvalue weighted by Gasteiger charge is -2.05. The Morgan fingerprint density at radius 2 is 2.00 bits per heavy atom. The van der Waals surface area contributed by atoms with Gasteiger partial charge in [0.15, 0.2) is 6.29 Å². The molecule has 1 aromatic rings. The van der Waals surface area contributed by atoms with Crippen LogP contribution in [0.5, 0.6) is 0 Å². The van der Waals surface area contributed by atoms with Crippen LogP contribution in [0.1, 0.15) is 11.9 Å². The maximum atomic E-state index is 5.27. The fraction of sp³-hybridized carbons (Fsp3) is 0.429. The van der Waals surface area contributed by atoms with Crippen LogP contribution in [0.25, 0.3) is 0 Å². The van der Waals surface area contributed by atoms with Crippen LogP contribution in [-0.2, 0) is 9.47 Å². The molecule has 4 heteroatoms. The quantitative estimate of drug-likeness (QED) is 0.724. The second kappa shape index (κ2) is 2.97. The summed E-state index contributed by atoms with van der Waals surface area (Å²) in [6.07, 6.45) is 2.99. The van der Waals surface area contributed by atoms with Crippen molar-refractivity contribution in [3.8, 4) is 0 Å². The summed E-state index contributed by atoms with van der Waals surface area (Å²) in [5, 5.41) is 0. The molecule has 2 heterocycles. The smallest absolute Gasteiger partial charge is 0.188 e. The third kappa shape index (κ3) is 1.34. The standard InChI is InChI=1S/C7H7BrO3/c8-6-4-9-3-5(6)7-10-1-2-11-7/h3-4,7H,1-2H2. The summed E-state index contributed by atoms with van der Waals surface area (Å²) in [5.74, 6) is 0. The van der Waals surface area contributed by atoms with Crippen molar-refractivity contribution >= 4 is 15.9 Å². The molecule has 0 aromatic carbocycles. The molecule has 1 saturated heterocycles. The van der Waals surface area contributed by atoms with Crippen molar-refractivity contribution in [2.24, 2.45) is 0 Å². The minimum absolute atomic E-state index is 0.247. The summed E-state index contributed by atoms with van der Waals surface area (Å²) < 4.78 is 16.4. The molecule has 0 aliphatic carbocycles. The Morgan fingerprint density at radius 3 is 2.55 bits per heavy atom. The molecule has 0 N–H and O–H groups in total. The first-order valence-corrected chi connectivity index (χ1v) is 4.12. The van der Waals surface area contributed by atoms with Gasteiger partial charge in [0, 0.05) is 0 Å². The fourth-order valence-electron chi connectivity index (χ4n) is 0.998. The average molecular weight is 219 g/mol. The van der Waals surface area contributed by atoms with Crippen LogP contribution < -0.4 is 0 Å². The van der Waals surface area contributed by atoms with Crippen molar-refractivity contribution in [1.29, 1.82) is 0 Å². The second-order valence-electron chi connectivity index (χ2n) is 2.25. The van der Waals surface area contributed by atoms with Crippen LogP contribution in [0.15, 0.2) is 21.4 Å². The van der Waals surface area contributed by atoms with Gasteiger partial charge in [-0.2, -0.15) is 0 Å². The summed E-state index contributed by atoms with van der Waals surface area (Å²) in [6, 6.07) is 0. The Balaban J connectivity index is 2.21. The highest BCUT2D eigenvalue weighted by molar-refractivity contribution is 9.10. The van der Waals surface area contributed by atoms with E-state index in [1.165, 1.54) is 0 Å². The van der Waals surface area contributed by atoms with E-state index in [0.717, 1.165) is 10.0 Å². The van der Waals surface area contributed by atoms with E-state index in [9.17, 15) is 0 Å². The predicted molar refractivity (Wildman–Crippen MR) is 41.1 cm³/mol. The summed E-state index contributed by atoms with van der Waals surface area (Å²) in [7, 11) is 0. The zero-order valence-corrected chi connectivity index (χ0v) is 7.33. The normalized spacial score (nSPS) is 19.4. The molecule has 0 saturated carbocycles. The first kappa shape index (κ1) is 7.34. The van der Waals surface area contributed by atoms with Crippen LogP contribution in [-0.4, -0.2) is 13.2 Å². The van der Waals surface area contributed by atoms with Gasteiger partial charge < -0.3 is 13.9 Å². The number of ether oxygens (including phenoxy) is 2. The minimum atomic E-state index is -0.247. The molecule has 1 aliphatic heterocycles. The van der Waals surface area contributed by atoms with Crippen molar-refractivity contribution in [2.75, 3.05) is 13.2 Å². The largest absolute Gasteiger partial charge is 0.471 e. The summed E-state index contributed by atoms with van der Waals surface area (Å²) >= 11 is 3.32. The molecule has 1 fully saturated rings. The highest BCUT2D eigenvalue weighted by Gasteiger charge is 2.21. The minimum Gasteiger partial charge on any atom is -0.471 e. The Labute approximate surface area is 72.4 Å². The SMILES string of the molecule is Brc1cocc1C1OCCO1. The van der Waals surface area contributed by atoms with Crippen molar-refractivity contribution in [1.82, 2.24) is 0 Å². The first-order chi connectivity index (χ1) is 5.38. The van der Waals surface area contributed by atoms with Crippen LogP contribution >= 0.6 is 15.9 Å². The summed E-state index contributed by atoms with van der Waals surface area (Å²) in [5.41, 5.74) is 0.919. The van der Waals surface area contributed by atoms with Gasteiger partial charge in [0.1, 0.15) is 6.26 Å². The van der Waals surface area contributed by atoms with Crippen molar-refractivity contribution in [2.45, 2.75) is 6.29 Å². The molecule has 0 unspecified atom stereocenters. The van der Waals surface area contributed by atoms with Gasteiger partial charge in [-0.15, -0.1) is 0 Å². The van der Waals surface area contributed by atoms with Crippen LogP contribution in [0, 0.1) is 0 Å². The molecule has 0 radical (unpaired) electrons. The highest BCUT2D eigenvalue weighted by Crippen LogP contribution is 2.30. The van der Waals surface area contributed by atoms with Gasteiger partial charge in [-0.1, -0.05) is 0 Å². The average Bonchev–Trinajstić information content (AvgIpc) is 2.55. The molecule has 2 rings (SSSR count). The van der Waals surface area contributed by atoms with Gasteiger partial charge in [0.2, 0.25) is 0 Å². The zero-order chi connectivity index (χ0) is 7.68. The van der Waals surface area contributed by atoms with E-state index in [1.54, 1.807) is 12.5 Å². The van der Waals surface area contributed by atoms with E-state index in [4.69, 9.17) is 13.9 Å². The molecule has 0 bridgehead atoms. The highest BCUT2D eigenvalue weighted by atomic mass is 79.9. The number of rotatable bonds is 1. The molecule has 0 spiro atoms. The Hall–Kier alpha value is -0.320. The Kier molecular flexibility index (Phi) is 1.98. The monoisotopic (exact) mass is 218 g/mol. The lowest BCUT2D eigenvalue weighted by atomic mass is 10.3. The van der Waals surface area contributed by atoms with Crippen LogP contribution in [0.3, 0.4) is 0 Å². The lowest BCUT2D eigenvalue weighted by molar-refractivity contribution is -0.0449. The van der Waals surface area contributed by atoms with E-state index in [2.05, 4.69) is 15.9 Å². The Morgan fingerprint density at radius 1 is 1.27 bits per heavy atom. The fourth-order valence-corrected chi connectivity index (χ4v) is 1.39. The molecule has 0 amide bonds. The van der Waals surface area contributed by atoms with Gasteiger partial charge in [0.05, 0.1) is 29.5 Å². The van der Waals surface area contributed by atoms with E-state index in [-0.39, 0.29) is 6.29 Å².